The van der Waals surface area contributed by atoms with Gasteiger partial charge in [0.2, 0.25) is 11.8 Å². The van der Waals surface area contributed by atoms with E-state index in [-0.39, 0.29) is 19.1 Å². The zero-order valence-corrected chi connectivity index (χ0v) is 19.8. The van der Waals surface area contributed by atoms with Crippen LogP contribution in [0.4, 0.5) is 4.79 Å². The number of nitrogens with one attached hydrogen (secondary N) is 3. The number of carboxylic acid groups (broad SMARTS) is 1. The number of carboxylic acids is 1. The maximum absolute atomic E-state index is 13.0. The summed E-state index contributed by atoms with van der Waals surface area (Å²) in [5.41, 5.74) is 3.61. The Kier molecular flexibility index (Phi) is 6.51. The van der Waals surface area contributed by atoms with E-state index in [4.69, 9.17) is 4.74 Å². The average molecular weight is 480 g/mol. The molecule has 9 nitrogen and oxygen atoms in total. The number of carbonyl (C=O) groups is 4. The number of aliphatic carboxylic acids is 1. The number of alkyl carbamates (subject to hydrolysis) is 1. The molecule has 2 unspecified atom stereocenters. The lowest BCUT2D eigenvalue weighted by Crippen LogP contribution is -2.57. The number of rotatable bonds is 6. The molecule has 4 N–H and O–H groups in total. The molecule has 0 saturated carbocycles. The lowest BCUT2D eigenvalue weighted by molar-refractivity contribution is -0.143. The van der Waals surface area contributed by atoms with Crippen molar-refractivity contribution >= 4 is 23.9 Å². The Labute approximate surface area is 203 Å². The standard InChI is InChI=1S/C26H29N3O6/c1-26(2,3)21(23(31)28-20-18(24(32)33)12-27-22(20)30)29-25(34)35-13-19-16-10-6-4-8-14(16)15-9-5-7-11-17(15)19/h4-11,18-21H,12-13H2,1-3H3,(H,27,30)(H,28,31)(H,29,34)(H,32,33)/t18?,20?,21-/m1/s1. The van der Waals surface area contributed by atoms with Crippen LogP contribution >= 0.6 is 0 Å². The molecule has 1 heterocycles. The molecule has 184 valence electrons. The van der Waals surface area contributed by atoms with E-state index in [9.17, 15) is 24.3 Å². The summed E-state index contributed by atoms with van der Waals surface area (Å²) >= 11 is 0. The van der Waals surface area contributed by atoms with Gasteiger partial charge >= 0.3 is 12.1 Å². The zero-order valence-electron chi connectivity index (χ0n) is 19.8. The average Bonchev–Trinajstić information content (AvgIpc) is 3.33. The molecule has 0 spiro atoms. The quantitative estimate of drug-likeness (QED) is 0.502. The molecule has 1 fully saturated rings. The predicted octanol–water partition coefficient (Wildman–Crippen LogP) is 2.26. The molecule has 0 radical (unpaired) electrons. The molecule has 2 aliphatic rings. The second-order valence-electron chi connectivity index (χ2n) is 9.95. The minimum Gasteiger partial charge on any atom is -0.481 e. The van der Waals surface area contributed by atoms with Crippen LogP contribution in [0.1, 0.15) is 37.8 Å². The van der Waals surface area contributed by atoms with Gasteiger partial charge in [-0.2, -0.15) is 0 Å². The van der Waals surface area contributed by atoms with Crippen LogP contribution in [-0.2, 0) is 19.1 Å². The second-order valence-corrected chi connectivity index (χ2v) is 9.95. The third kappa shape index (κ3) is 4.84. The van der Waals surface area contributed by atoms with Crippen molar-refractivity contribution in [3.8, 4) is 11.1 Å². The maximum atomic E-state index is 13.0. The van der Waals surface area contributed by atoms with Gasteiger partial charge in [-0.1, -0.05) is 69.3 Å². The minimum atomic E-state index is -1.21. The van der Waals surface area contributed by atoms with E-state index in [0.717, 1.165) is 22.3 Å². The molecule has 1 aliphatic heterocycles. The van der Waals surface area contributed by atoms with Gasteiger partial charge in [0, 0.05) is 12.5 Å². The summed E-state index contributed by atoms with van der Waals surface area (Å²) in [5, 5.41) is 16.9. The molecule has 0 aromatic heterocycles. The third-order valence-corrected chi connectivity index (χ3v) is 6.53. The van der Waals surface area contributed by atoms with Gasteiger partial charge in [-0.05, 0) is 27.7 Å². The van der Waals surface area contributed by atoms with E-state index in [2.05, 4.69) is 16.0 Å². The Balaban J connectivity index is 1.44. The second kappa shape index (κ2) is 9.40. The largest absolute Gasteiger partial charge is 0.481 e. The number of amides is 3. The van der Waals surface area contributed by atoms with Gasteiger partial charge in [0.05, 0.1) is 0 Å². The molecule has 35 heavy (non-hydrogen) atoms. The summed E-state index contributed by atoms with van der Waals surface area (Å²) in [6, 6.07) is 13.7. The van der Waals surface area contributed by atoms with Crippen molar-refractivity contribution in [2.75, 3.05) is 13.2 Å². The molecular formula is C26H29N3O6. The van der Waals surface area contributed by atoms with Crippen LogP contribution in [0, 0.1) is 11.3 Å². The smallest absolute Gasteiger partial charge is 0.407 e. The molecule has 1 aliphatic carbocycles. The molecule has 2 aromatic rings. The monoisotopic (exact) mass is 479 g/mol. The summed E-state index contributed by atoms with van der Waals surface area (Å²) in [7, 11) is 0. The van der Waals surface area contributed by atoms with Crippen LogP contribution in [-0.4, -0.2) is 54.2 Å². The maximum Gasteiger partial charge on any atom is 0.407 e. The Morgan fingerprint density at radius 2 is 1.63 bits per heavy atom. The topological polar surface area (TPSA) is 134 Å². The van der Waals surface area contributed by atoms with Crippen LogP contribution in [0.3, 0.4) is 0 Å². The van der Waals surface area contributed by atoms with Crippen LogP contribution in [0.2, 0.25) is 0 Å². The van der Waals surface area contributed by atoms with Crippen molar-refractivity contribution < 1.29 is 29.0 Å². The van der Waals surface area contributed by atoms with Crippen molar-refractivity contribution in [2.24, 2.45) is 11.3 Å². The first kappa shape index (κ1) is 24.3. The highest BCUT2D eigenvalue weighted by atomic mass is 16.5. The van der Waals surface area contributed by atoms with E-state index in [1.807, 2.05) is 48.5 Å². The normalized spacial score (nSPS) is 19.8. The van der Waals surface area contributed by atoms with Gasteiger partial charge in [-0.15, -0.1) is 0 Å². The van der Waals surface area contributed by atoms with Gasteiger partial charge in [-0.3, -0.25) is 14.4 Å². The zero-order chi connectivity index (χ0) is 25.3. The SMILES string of the molecule is CC(C)(C)[C@H](NC(=O)OCC1c2ccccc2-c2ccccc21)C(=O)NC1C(=O)NCC1C(=O)O. The Bertz CT molecular complexity index is 1130. The predicted molar refractivity (Wildman–Crippen MR) is 128 cm³/mol. The fourth-order valence-electron chi connectivity index (χ4n) is 4.69. The first-order valence-electron chi connectivity index (χ1n) is 11.5. The van der Waals surface area contributed by atoms with Crippen LogP contribution in [0.5, 0.6) is 0 Å². The van der Waals surface area contributed by atoms with E-state index in [0.29, 0.717) is 0 Å². The molecule has 1 saturated heterocycles. The Morgan fingerprint density at radius 3 is 2.17 bits per heavy atom. The fraction of sp³-hybridized carbons (Fsp3) is 0.385. The number of carbonyl (C=O) groups excluding carboxylic acids is 3. The molecule has 9 heteroatoms. The summed E-state index contributed by atoms with van der Waals surface area (Å²) in [4.78, 5) is 49.3. The van der Waals surface area contributed by atoms with E-state index in [1.165, 1.54) is 0 Å². The number of hydrogen-bond acceptors (Lipinski definition) is 5. The van der Waals surface area contributed by atoms with Gasteiger partial charge in [-0.25, -0.2) is 4.79 Å². The summed E-state index contributed by atoms with van der Waals surface area (Å²) in [5.74, 6) is -3.63. The van der Waals surface area contributed by atoms with Crippen molar-refractivity contribution in [1.29, 1.82) is 0 Å². The van der Waals surface area contributed by atoms with Crippen molar-refractivity contribution in [2.45, 2.75) is 38.8 Å². The molecule has 3 amide bonds. The molecule has 3 atom stereocenters. The number of fused-ring (bicyclic) bond motifs is 3. The number of benzene rings is 2. The molecule has 2 aromatic carbocycles. The molecule has 0 bridgehead atoms. The van der Waals surface area contributed by atoms with E-state index >= 15 is 0 Å². The Morgan fingerprint density at radius 1 is 1.06 bits per heavy atom. The van der Waals surface area contributed by atoms with Gasteiger partial charge in [0.1, 0.15) is 24.6 Å². The van der Waals surface area contributed by atoms with Gasteiger partial charge in [0.15, 0.2) is 0 Å². The lowest BCUT2D eigenvalue weighted by atomic mass is 9.86. The number of hydrogen-bond donors (Lipinski definition) is 4. The third-order valence-electron chi connectivity index (χ3n) is 6.53. The molecule has 4 rings (SSSR count). The van der Waals surface area contributed by atoms with Crippen LogP contribution in [0.15, 0.2) is 48.5 Å². The fourth-order valence-corrected chi connectivity index (χ4v) is 4.69. The first-order valence-corrected chi connectivity index (χ1v) is 11.5. The summed E-state index contributed by atoms with van der Waals surface area (Å²) in [6.07, 6.45) is -0.771. The van der Waals surface area contributed by atoms with Crippen molar-refractivity contribution in [3.05, 3.63) is 59.7 Å². The van der Waals surface area contributed by atoms with Gasteiger partial charge in [0.25, 0.3) is 0 Å². The molecular weight excluding hydrogens is 450 g/mol. The van der Waals surface area contributed by atoms with E-state index < -0.39 is 47.3 Å². The van der Waals surface area contributed by atoms with Crippen LogP contribution in [0.25, 0.3) is 11.1 Å². The highest BCUT2D eigenvalue weighted by molar-refractivity contribution is 5.96. The highest BCUT2D eigenvalue weighted by Gasteiger charge is 2.43. The Hall–Kier alpha value is -3.88. The van der Waals surface area contributed by atoms with Crippen molar-refractivity contribution in [1.82, 2.24) is 16.0 Å². The number of ether oxygens (including phenoxy) is 1. The highest BCUT2D eigenvalue weighted by Crippen LogP contribution is 2.44. The summed E-state index contributed by atoms with van der Waals surface area (Å²) in [6.45, 7) is 5.28. The lowest BCUT2D eigenvalue weighted by Gasteiger charge is -2.31. The summed E-state index contributed by atoms with van der Waals surface area (Å²) < 4.78 is 5.56. The van der Waals surface area contributed by atoms with Crippen molar-refractivity contribution in [3.63, 3.8) is 0 Å². The van der Waals surface area contributed by atoms with Gasteiger partial charge < -0.3 is 25.8 Å². The minimum absolute atomic E-state index is 0.0703. The van der Waals surface area contributed by atoms with E-state index in [1.54, 1.807) is 20.8 Å². The first-order chi connectivity index (χ1) is 16.6. The van der Waals surface area contributed by atoms with Crippen LogP contribution < -0.4 is 16.0 Å².